The van der Waals surface area contributed by atoms with E-state index in [1.54, 1.807) is 6.07 Å². The highest BCUT2D eigenvalue weighted by molar-refractivity contribution is 6.24. The highest BCUT2D eigenvalue weighted by atomic mass is 16.5. The molecule has 12 nitrogen and oxygen atoms in total. The topological polar surface area (TPSA) is 191 Å². The summed E-state index contributed by atoms with van der Waals surface area (Å²) >= 11 is 0. The molecule has 4 rings (SSSR count). The number of Topliss-reactive ketones (excluding diaryl/α,β-unsaturated/α-hetero) is 2. The van der Waals surface area contributed by atoms with E-state index in [1.807, 2.05) is 0 Å². The number of amides is 2. The lowest BCUT2D eigenvalue weighted by Crippen LogP contribution is -2.65. The third-order valence-electron chi connectivity index (χ3n) is 7.84. The number of aliphatic hydroxyl groups is 3. The van der Waals surface area contributed by atoms with Crippen LogP contribution in [0.3, 0.4) is 0 Å². The number of benzene rings is 1. The molecular weight excluding hydrogens is 510 g/mol. The van der Waals surface area contributed by atoms with Gasteiger partial charge in [-0.1, -0.05) is 12.1 Å². The number of primary amides is 1. The van der Waals surface area contributed by atoms with Crippen molar-refractivity contribution in [1.82, 2.24) is 9.80 Å². The Labute approximate surface area is 224 Å². The molecule has 4 atom stereocenters. The van der Waals surface area contributed by atoms with E-state index in [2.05, 4.69) is 6.58 Å². The Morgan fingerprint density at radius 2 is 1.90 bits per heavy atom. The van der Waals surface area contributed by atoms with Gasteiger partial charge in [0, 0.05) is 24.6 Å². The average molecular weight is 542 g/mol. The fourth-order valence-corrected chi connectivity index (χ4v) is 6.15. The van der Waals surface area contributed by atoms with Crippen LogP contribution >= 0.6 is 0 Å². The number of aromatic hydroxyl groups is 1. The summed E-state index contributed by atoms with van der Waals surface area (Å²) in [7, 11) is 4.30. The number of ether oxygens (including phenoxy) is 1. The third-order valence-corrected chi connectivity index (χ3v) is 7.84. The van der Waals surface area contributed by atoms with Gasteiger partial charge >= 0.3 is 6.09 Å². The number of likely N-dealkylation sites (N-methyl/N-ethyl adjacent to an activating group) is 1. The van der Waals surface area contributed by atoms with Crippen molar-refractivity contribution < 1.29 is 44.3 Å². The Kier molecular flexibility index (Phi) is 7.04. The van der Waals surface area contributed by atoms with Gasteiger partial charge in [0.25, 0.3) is 5.91 Å². The maximum atomic E-state index is 13.9. The van der Waals surface area contributed by atoms with Crippen LogP contribution in [-0.4, -0.2) is 93.2 Å². The molecular formula is C27H31N3O9. The van der Waals surface area contributed by atoms with Crippen LogP contribution in [0.2, 0.25) is 0 Å². The number of carbonyl (C=O) groups is 4. The van der Waals surface area contributed by atoms with Crippen LogP contribution in [0.4, 0.5) is 4.79 Å². The molecule has 0 bridgehead atoms. The number of hydrogen-bond donors (Lipinski definition) is 5. The summed E-state index contributed by atoms with van der Waals surface area (Å²) < 4.78 is 4.84. The fraction of sp³-hybridized carbons (Fsp3) is 0.407. The molecule has 3 aliphatic carbocycles. The Balaban J connectivity index is 1.90. The minimum Gasteiger partial charge on any atom is -0.508 e. The second-order valence-corrected chi connectivity index (χ2v) is 10.2. The first kappa shape index (κ1) is 27.9. The number of aliphatic hydroxyl groups excluding tert-OH is 2. The highest BCUT2D eigenvalue weighted by Crippen LogP contribution is 2.53. The van der Waals surface area contributed by atoms with Crippen molar-refractivity contribution in [3.63, 3.8) is 0 Å². The molecule has 0 unspecified atom stereocenters. The molecule has 12 heteroatoms. The Bertz CT molecular complexity index is 1360. The summed E-state index contributed by atoms with van der Waals surface area (Å²) in [5.41, 5.74) is 2.50. The quantitative estimate of drug-likeness (QED) is 0.253. The molecule has 0 heterocycles. The standard InChI is InChI=1S/C27H31N3O9/c1-5-8-30(26(37)39-4)11-12-6-7-16(31)18-14(12)9-13-10-15-20(29(2)3)22(33)19(25(28)36)24(35)27(15,38)23(34)17(13)21(18)32/h5-7,13,15,20,31-32,35,38H,1,8-11H2,2-4H3,(H2,28,36)/t13-,15-,20-,27-/m0/s1. The number of hydrogen-bond acceptors (Lipinski definition) is 10. The summed E-state index contributed by atoms with van der Waals surface area (Å²) in [5, 5.41) is 44.5. The lowest BCUT2D eigenvalue weighted by atomic mass is 9.57. The molecule has 1 aromatic carbocycles. The SMILES string of the molecule is C=CCN(Cc1ccc(O)c2c1C[C@H]1C[C@H]3[C@H](N(C)C)C(=O)C(C(N)=O)=C(O)[C@@]3(O)C(=O)C1=C2O)C(=O)OC. The number of phenols is 1. The summed E-state index contributed by atoms with van der Waals surface area (Å²) in [4.78, 5) is 54.2. The van der Waals surface area contributed by atoms with Gasteiger partial charge in [-0.15, -0.1) is 6.58 Å². The lowest BCUT2D eigenvalue weighted by Gasteiger charge is -2.50. The molecule has 208 valence electrons. The molecule has 1 aromatic rings. The van der Waals surface area contributed by atoms with E-state index >= 15 is 0 Å². The molecule has 0 radical (unpaired) electrons. The monoisotopic (exact) mass is 541 g/mol. The molecule has 0 saturated heterocycles. The molecule has 0 aromatic heterocycles. The van der Waals surface area contributed by atoms with Crippen LogP contribution in [0.25, 0.3) is 5.76 Å². The van der Waals surface area contributed by atoms with Crippen molar-refractivity contribution in [2.75, 3.05) is 27.7 Å². The Hall–Kier alpha value is -4.16. The predicted molar refractivity (Wildman–Crippen MR) is 137 cm³/mol. The van der Waals surface area contributed by atoms with Gasteiger partial charge in [0.05, 0.1) is 18.7 Å². The number of fused-ring (bicyclic) bond motifs is 3. The predicted octanol–water partition coefficient (Wildman–Crippen LogP) is 0.718. The first-order valence-corrected chi connectivity index (χ1v) is 12.2. The molecule has 0 aliphatic heterocycles. The van der Waals surface area contributed by atoms with Gasteiger partial charge in [-0.05, 0) is 50.0 Å². The van der Waals surface area contributed by atoms with Crippen molar-refractivity contribution in [3.8, 4) is 5.75 Å². The zero-order valence-electron chi connectivity index (χ0n) is 21.8. The number of rotatable bonds is 6. The van der Waals surface area contributed by atoms with E-state index in [1.165, 1.54) is 43.1 Å². The number of nitrogens with zero attached hydrogens (tertiary/aromatic N) is 2. The summed E-state index contributed by atoms with van der Waals surface area (Å²) in [6.07, 6.45) is 0.977. The minimum atomic E-state index is -2.70. The zero-order chi connectivity index (χ0) is 29.0. The molecule has 39 heavy (non-hydrogen) atoms. The second kappa shape index (κ2) is 9.86. The summed E-state index contributed by atoms with van der Waals surface area (Å²) in [5.74, 6) is -7.18. The third kappa shape index (κ3) is 4.07. The van der Waals surface area contributed by atoms with Crippen LogP contribution in [-0.2, 0) is 32.1 Å². The number of methoxy groups -OCH3 is 1. The van der Waals surface area contributed by atoms with Crippen molar-refractivity contribution >= 4 is 29.3 Å². The van der Waals surface area contributed by atoms with Gasteiger partial charge < -0.3 is 35.8 Å². The van der Waals surface area contributed by atoms with Crippen LogP contribution in [0.5, 0.6) is 5.75 Å². The van der Waals surface area contributed by atoms with E-state index in [-0.39, 0.29) is 42.8 Å². The van der Waals surface area contributed by atoms with Gasteiger partial charge in [0.2, 0.25) is 5.78 Å². The Morgan fingerprint density at radius 3 is 2.46 bits per heavy atom. The van der Waals surface area contributed by atoms with Gasteiger partial charge in [-0.3, -0.25) is 19.3 Å². The van der Waals surface area contributed by atoms with Crippen LogP contribution in [0.1, 0.15) is 23.1 Å². The lowest BCUT2D eigenvalue weighted by molar-refractivity contribution is -0.153. The number of carbonyl (C=O) groups excluding carboxylic acids is 4. The Morgan fingerprint density at radius 1 is 1.23 bits per heavy atom. The first-order chi connectivity index (χ1) is 18.3. The number of phenolic OH excluding ortho intramolecular Hbond substituents is 1. The van der Waals surface area contributed by atoms with Gasteiger partial charge in [-0.2, -0.15) is 0 Å². The van der Waals surface area contributed by atoms with E-state index in [4.69, 9.17) is 10.5 Å². The fourth-order valence-electron chi connectivity index (χ4n) is 6.15. The summed E-state index contributed by atoms with van der Waals surface area (Å²) in [6.45, 7) is 3.85. The average Bonchev–Trinajstić information content (AvgIpc) is 2.86. The normalized spacial score (nSPS) is 26.1. The van der Waals surface area contributed by atoms with Crippen LogP contribution in [0.15, 0.2) is 41.7 Å². The van der Waals surface area contributed by atoms with E-state index in [0.29, 0.717) is 11.1 Å². The maximum Gasteiger partial charge on any atom is 0.410 e. The molecule has 0 spiro atoms. The smallest absolute Gasteiger partial charge is 0.410 e. The van der Waals surface area contributed by atoms with Crippen molar-refractivity contribution in [3.05, 3.63) is 58.4 Å². The second-order valence-electron chi connectivity index (χ2n) is 10.2. The van der Waals surface area contributed by atoms with Crippen LogP contribution in [0, 0.1) is 11.8 Å². The molecule has 3 aliphatic rings. The summed E-state index contributed by atoms with van der Waals surface area (Å²) in [6, 6.07) is 1.73. The molecule has 2 amide bonds. The number of nitrogens with two attached hydrogens (primary N) is 1. The first-order valence-electron chi connectivity index (χ1n) is 12.2. The largest absolute Gasteiger partial charge is 0.508 e. The van der Waals surface area contributed by atoms with Gasteiger partial charge in [-0.25, -0.2) is 4.79 Å². The van der Waals surface area contributed by atoms with E-state index < -0.39 is 64.1 Å². The van der Waals surface area contributed by atoms with E-state index in [0.717, 1.165) is 0 Å². The van der Waals surface area contributed by atoms with Crippen molar-refractivity contribution in [2.24, 2.45) is 17.6 Å². The van der Waals surface area contributed by atoms with Gasteiger partial charge in [0.1, 0.15) is 22.8 Å². The maximum absolute atomic E-state index is 13.9. The number of ketones is 2. The molecule has 1 saturated carbocycles. The van der Waals surface area contributed by atoms with Crippen molar-refractivity contribution in [1.29, 1.82) is 0 Å². The highest BCUT2D eigenvalue weighted by Gasteiger charge is 2.64. The molecule has 6 N–H and O–H groups in total. The molecule has 1 fully saturated rings. The van der Waals surface area contributed by atoms with E-state index in [9.17, 15) is 39.6 Å². The van der Waals surface area contributed by atoms with Gasteiger partial charge in [0.15, 0.2) is 11.4 Å². The van der Waals surface area contributed by atoms with Crippen molar-refractivity contribution in [2.45, 2.75) is 31.0 Å². The zero-order valence-corrected chi connectivity index (χ0v) is 21.8. The minimum absolute atomic E-state index is 0.0335. The van der Waals surface area contributed by atoms with Crippen LogP contribution < -0.4 is 5.73 Å².